The number of benzene rings is 4. The molecule has 7 N–H and O–H groups in total. The van der Waals surface area contributed by atoms with E-state index in [4.69, 9.17) is 4.74 Å². The molecule has 0 radical (unpaired) electrons. The summed E-state index contributed by atoms with van der Waals surface area (Å²) in [7, 11) is 13.6. The molecule has 34 heteroatoms. The van der Waals surface area contributed by atoms with Gasteiger partial charge in [0.05, 0.1) is 53.1 Å². The molecule has 0 unspecified atom stereocenters. The Morgan fingerprint density at radius 3 is 1.11 bits per heavy atom. The first-order valence-corrected chi connectivity index (χ1v) is 45.2. The van der Waals surface area contributed by atoms with Crippen LogP contribution in [0, 0.1) is 13.8 Å². The Bertz CT molecular complexity index is 5610. The summed E-state index contributed by atoms with van der Waals surface area (Å²) in [4.78, 5) is 8.83. The van der Waals surface area contributed by atoms with E-state index in [0.717, 1.165) is 133 Å². The Morgan fingerprint density at radius 2 is 0.782 bits per heavy atom. The second-order valence-corrected chi connectivity index (χ2v) is 42.8. The van der Waals surface area contributed by atoms with Crippen molar-refractivity contribution in [3.63, 3.8) is 0 Å². The molecule has 0 amide bonds. The topological polar surface area (TPSA) is 296 Å². The van der Waals surface area contributed by atoms with Crippen molar-refractivity contribution in [2.24, 2.45) is 14.1 Å². The van der Waals surface area contributed by atoms with Gasteiger partial charge in [0.25, 0.3) is 0 Å². The predicted molar refractivity (Wildman–Crippen MR) is 496 cm³/mol. The van der Waals surface area contributed by atoms with Gasteiger partial charge in [0.1, 0.15) is 22.3 Å². The molecule has 0 aliphatic carbocycles. The second-order valence-electron chi connectivity index (χ2n) is 39.0. The van der Waals surface area contributed by atoms with Crippen molar-refractivity contribution in [1.29, 1.82) is 0 Å². The summed E-state index contributed by atoms with van der Waals surface area (Å²) >= 11 is 5.82. The molecule has 4 aliphatic heterocycles. The van der Waals surface area contributed by atoms with Crippen LogP contribution in [0.25, 0.3) is 81.4 Å². The van der Waals surface area contributed by atoms with Crippen LogP contribution in [0.1, 0.15) is 179 Å². The lowest BCUT2D eigenvalue weighted by Gasteiger charge is -2.48. The molecule has 0 bridgehead atoms. The highest BCUT2D eigenvalue weighted by molar-refractivity contribution is 7.19. The number of hydrogen-bond acceptors (Lipinski definition) is 27. The van der Waals surface area contributed by atoms with E-state index in [0.29, 0.717) is 50.5 Å². The zero-order chi connectivity index (χ0) is 89.9. The van der Waals surface area contributed by atoms with Crippen LogP contribution in [0.3, 0.4) is 0 Å². The normalized spacial score (nSPS) is 18.4. The molecule has 0 saturated carbocycles. The molecule has 4 fully saturated rings. The number of hydrogen-bond donors (Lipinski definition) is 7. The zero-order valence-corrected chi connectivity index (χ0v) is 79.3. The third-order valence-electron chi connectivity index (χ3n) is 23.4. The SMILES string of the molecule is CN(c1nnc(-c2ccc(-c3cnn(C)c3)cc2C(F)(F)F)s1)C1CC(C)(C)NC(C)(C)C1.CN(c1nnc(-c2ccc(-c3cnn(C)c3)cc2O)s1)C1CC(C)(C)NC(C)(C)C1.CN(c1nnc(-c2ccc(-n3cccn3)cc2O)s1)C1CC(C)(C)NC(C)(C)C1.COc1cc(-c2c(C)n[nH]c2C)ccc1-c1nnc(N(C)C2CC(C)(C)NC(C)(C)C2)s1. The maximum absolute atomic E-state index is 14.0. The third kappa shape index (κ3) is 21.8. The van der Waals surface area contributed by atoms with Crippen LogP contribution in [0.2, 0.25) is 0 Å². The summed E-state index contributed by atoms with van der Waals surface area (Å²) in [5, 5.41) is 96.8. The van der Waals surface area contributed by atoms with E-state index in [2.05, 4.69) is 257 Å². The number of anilines is 4. The molecule has 12 heterocycles. The highest BCUT2D eigenvalue weighted by Gasteiger charge is 2.45. The maximum Gasteiger partial charge on any atom is 0.417 e. The minimum atomic E-state index is -4.52. The standard InChI is InChI=1S/C24H34N6OS.C23H29F3N6S.C22H30N6OS.C21H28N6OS/c1-14-20(15(2)26-25-14)16-9-10-18(19(11-16)31-8)21-27-28-22(32-21)30(7)17-12-23(3,4)29-24(5,6)13-17;1-21(2)10-16(11-22(3,4)30-21)32(6)20-29-28-19(33-20)17-8-7-14(9-18(17)23(24,25)26)15-12-27-31(5)13-15;1-21(2)10-16(11-22(3,4)26-21)28(6)20-25-24-19(30-20)17-8-7-14(9-18(17)29)15-12-23-27(5)13-15;1-20(2)12-15(13-21(3,4)25-20)26(5)19-24-23-18(29-19)16-8-7-14(11-17(16)28)27-10-6-9-22-27/h9-11,17,29H,12-13H2,1-8H3,(H,25,26);7-9,12-13,16,30H,10-11H2,1-6H3;7-9,12-13,16,26,29H,10-11H2,1-6H3;6-11,15,25,28H,12-13H2,1-5H3. The van der Waals surface area contributed by atoms with E-state index < -0.39 is 11.7 Å². The Labute approximate surface area is 742 Å². The van der Waals surface area contributed by atoms with E-state index in [1.165, 1.54) is 40.1 Å². The van der Waals surface area contributed by atoms with Crippen molar-refractivity contribution in [1.82, 2.24) is 102 Å². The highest BCUT2D eigenvalue weighted by atomic mass is 32.1. The van der Waals surface area contributed by atoms with Crippen molar-refractivity contribution in [3.8, 4) is 98.6 Å². The summed E-state index contributed by atoms with van der Waals surface area (Å²) in [6.07, 6.45) is 14.0. The number of halogens is 3. The molecule has 27 nitrogen and oxygen atoms in total. The number of aromatic nitrogens is 16. The van der Waals surface area contributed by atoms with Crippen molar-refractivity contribution in [2.45, 2.75) is 251 Å². The van der Waals surface area contributed by atoms with E-state index in [-0.39, 0.29) is 72.4 Å². The predicted octanol–water partition coefficient (Wildman–Crippen LogP) is 18.2. The van der Waals surface area contributed by atoms with Gasteiger partial charge in [-0.3, -0.25) is 14.5 Å². The smallest absolute Gasteiger partial charge is 0.417 e. The summed E-state index contributed by atoms with van der Waals surface area (Å²) in [5.74, 6) is 1.16. The van der Waals surface area contributed by atoms with Gasteiger partial charge >= 0.3 is 6.18 Å². The van der Waals surface area contributed by atoms with Crippen molar-refractivity contribution >= 4 is 65.9 Å². The number of phenols is 2. The van der Waals surface area contributed by atoms with E-state index >= 15 is 0 Å². The van der Waals surface area contributed by atoms with Crippen LogP contribution in [-0.2, 0) is 20.3 Å². The van der Waals surface area contributed by atoms with Crippen LogP contribution in [-0.4, -0.2) is 194 Å². The molecule has 16 rings (SSSR count). The number of aromatic hydroxyl groups is 2. The summed E-state index contributed by atoms with van der Waals surface area (Å²) in [6.45, 7) is 39.8. The number of phenolic OH excluding ortho intramolecular Hbond substituents is 2. The lowest BCUT2D eigenvalue weighted by molar-refractivity contribution is -0.137. The van der Waals surface area contributed by atoms with Crippen LogP contribution in [0.15, 0.2) is 116 Å². The Morgan fingerprint density at radius 1 is 0.435 bits per heavy atom. The number of nitrogens with zero attached hydrogens (tertiary/aromatic N) is 19. The van der Waals surface area contributed by atoms with Gasteiger partial charge in [-0.25, -0.2) is 4.68 Å². The van der Waals surface area contributed by atoms with E-state index in [1.807, 2.05) is 70.7 Å². The highest BCUT2D eigenvalue weighted by Crippen LogP contribution is 2.47. The Kier molecular flexibility index (Phi) is 26.1. The van der Waals surface area contributed by atoms with E-state index in [9.17, 15) is 23.4 Å². The number of nitrogens with one attached hydrogen (secondary N) is 5. The maximum atomic E-state index is 14.0. The lowest BCUT2D eigenvalue weighted by atomic mass is 9.79. The fraction of sp³-hybridized carbons (Fsp3) is 0.511. The van der Waals surface area contributed by atoms with Crippen molar-refractivity contribution in [2.75, 3.05) is 54.9 Å². The Balaban J connectivity index is 0.000000142. The van der Waals surface area contributed by atoms with Crippen LogP contribution >= 0.6 is 45.3 Å². The molecular formula is C90H121F3N24O3S4. The van der Waals surface area contributed by atoms with Crippen LogP contribution in [0.5, 0.6) is 17.2 Å². The first kappa shape index (κ1) is 91.9. The second kappa shape index (κ2) is 35.2. The number of aryl methyl sites for hydroxylation is 4. The monoisotopic (exact) mass is 1770 g/mol. The number of methoxy groups -OCH3 is 1. The third-order valence-corrected chi connectivity index (χ3v) is 27.6. The molecule has 8 aromatic heterocycles. The molecule has 4 saturated heterocycles. The van der Waals surface area contributed by atoms with Gasteiger partial charge in [-0.1, -0.05) is 69.6 Å². The molecule has 124 heavy (non-hydrogen) atoms. The number of aromatic amines is 1. The first-order chi connectivity index (χ1) is 57.9. The average Bonchev–Trinajstić information content (AvgIpc) is 1.57. The average molecular weight is 1770 g/mol. The summed E-state index contributed by atoms with van der Waals surface area (Å²) in [5.41, 5.74) is 9.96. The molecule has 0 atom stereocenters. The van der Waals surface area contributed by atoms with Gasteiger partial charge in [0.2, 0.25) is 20.5 Å². The first-order valence-electron chi connectivity index (χ1n) is 41.9. The van der Waals surface area contributed by atoms with Gasteiger partial charge in [-0.05, 0) is 241 Å². The fourth-order valence-corrected chi connectivity index (χ4v) is 22.8. The number of rotatable bonds is 17. The molecular weight excluding hydrogens is 1650 g/mol. The Hall–Kier alpha value is -9.81. The minimum absolute atomic E-state index is 0.0401. The van der Waals surface area contributed by atoms with Crippen molar-refractivity contribution < 1.29 is 28.1 Å². The molecule has 4 aromatic carbocycles. The zero-order valence-electron chi connectivity index (χ0n) is 76.0. The number of piperidine rings is 4. The molecule has 4 aliphatic rings. The van der Waals surface area contributed by atoms with Gasteiger partial charge in [-0.15, -0.1) is 40.8 Å². The van der Waals surface area contributed by atoms with Gasteiger partial charge < -0.3 is 55.8 Å². The number of alkyl halides is 3. The summed E-state index contributed by atoms with van der Waals surface area (Å²) < 4.78 is 52.7. The van der Waals surface area contributed by atoms with Crippen molar-refractivity contribution in [3.05, 3.63) is 133 Å². The minimum Gasteiger partial charge on any atom is -0.507 e. The van der Waals surface area contributed by atoms with Crippen LogP contribution < -0.4 is 45.6 Å². The number of ether oxygens (including phenoxy) is 1. The molecule has 12 aromatic rings. The van der Waals surface area contributed by atoms with Gasteiger partial charge in [-0.2, -0.15) is 33.6 Å². The molecule has 664 valence electrons. The van der Waals surface area contributed by atoms with Gasteiger partial charge in [0, 0.05) is 170 Å². The quantitative estimate of drug-likeness (QED) is 0.0446. The van der Waals surface area contributed by atoms with Gasteiger partial charge in [0.15, 0.2) is 15.0 Å². The number of H-pyrrole nitrogens is 1. The molecule has 0 spiro atoms. The largest absolute Gasteiger partial charge is 0.507 e. The lowest BCUT2D eigenvalue weighted by Crippen LogP contribution is -2.61. The fourth-order valence-electron chi connectivity index (χ4n) is 19.1. The van der Waals surface area contributed by atoms with Crippen LogP contribution in [0.4, 0.5) is 33.7 Å². The van der Waals surface area contributed by atoms with E-state index in [1.54, 1.807) is 82.5 Å². The summed E-state index contributed by atoms with van der Waals surface area (Å²) in [6, 6.07) is 24.9.